The highest BCUT2D eigenvalue weighted by Crippen LogP contribution is 2.36. The first-order valence-corrected chi connectivity index (χ1v) is 10.4. The Bertz CT molecular complexity index is 1110. The number of rotatable bonds is 5. The van der Waals surface area contributed by atoms with Crippen LogP contribution in [0.25, 0.3) is 11.0 Å². The van der Waals surface area contributed by atoms with Crippen LogP contribution >= 0.6 is 0 Å². The molecule has 2 aromatic heterocycles. The molecule has 0 unspecified atom stereocenters. The molecule has 1 fully saturated rings. The van der Waals surface area contributed by atoms with Gasteiger partial charge in [-0.05, 0) is 49.1 Å². The number of hydrogen-bond acceptors (Lipinski definition) is 5. The first-order valence-electron chi connectivity index (χ1n) is 10.4. The average molecular weight is 400 g/mol. The molecule has 5 rings (SSSR count). The lowest BCUT2D eigenvalue weighted by molar-refractivity contribution is 0.118. The summed E-state index contributed by atoms with van der Waals surface area (Å²) in [5.41, 5.74) is 4.02. The number of fused-ring (bicyclic) bond motifs is 1. The number of benzene rings is 2. The SMILES string of the molecule is O[C@@H]1CCC[C@@H](c2nccnc2Oc2ccc(Cc3nc4ccccc4[nH]3)cc2)C1. The molecule has 0 radical (unpaired) electrons. The summed E-state index contributed by atoms with van der Waals surface area (Å²) >= 11 is 0. The van der Waals surface area contributed by atoms with E-state index < -0.39 is 0 Å². The maximum atomic E-state index is 10.0. The second-order valence-corrected chi connectivity index (χ2v) is 7.89. The monoisotopic (exact) mass is 400 g/mol. The van der Waals surface area contributed by atoms with E-state index in [0.717, 1.165) is 59.5 Å². The largest absolute Gasteiger partial charge is 0.437 e. The Labute approximate surface area is 175 Å². The molecular formula is C24H24N4O2. The Morgan fingerprint density at radius 2 is 1.83 bits per heavy atom. The molecule has 30 heavy (non-hydrogen) atoms. The molecule has 152 valence electrons. The number of hydrogen-bond donors (Lipinski definition) is 2. The van der Waals surface area contributed by atoms with Crippen LogP contribution in [0.4, 0.5) is 0 Å². The summed E-state index contributed by atoms with van der Waals surface area (Å²) in [5, 5.41) is 10.0. The molecule has 0 amide bonds. The molecule has 2 aromatic carbocycles. The number of aliphatic hydroxyl groups excluding tert-OH is 1. The highest BCUT2D eigenvalue weighted by molar-refractivity contribution is 5.74. The molecule has 6 heteroatoms. The molecular weight excluding hydrogens is 376 g/mol. The van der Waals surface area contributed by atoms with Crippen molar-refractivity contribution in [1.82, 2.24) is 19.9 Å². The van der Waals surface area contributed by atoms with E-state index in [2.05, 4.69) is 19.9 Å². The Hall–Kier alpha value is -3.25. The van der Waals surface area contributed by atoms with E-state index in [4.69, 9.17) is 4.74 Å². The first-order chi connectivity index (χ1) is 14.7. The molecule has 1 aliphatic rings. The van der Waals surface area contributed by atoms with Gasteiger partial charge in [0.1, 0.15) is 17.3 Å². The molecule has 0 bridgehead atoms. The predicted octanol–water partition coefficient (Wildman–Crippen LogP) is 4.75. The van der Waals surface area contributed by atoms with Gasteiger partial charge in [0.05, 0.1) is 17.1 Å². The highest BCUT2D eigenvalue weighted by atomic mass is 16.5. The summed E-state index contributed by atoms with van der Waals surface area (Å²) in [4.78, 5) is 16.9. The van der Waals surface area contributed by atoms with Gasteiger partial charge in [0.2, 0.25) is 5.88 Å². The van der Waals surface area contributed by atoms with Gasteiger partial charge in [0.15, 0.2) is 0 Å². The second-order valence-electron chi connectivity index (χ2n) is 7.89. The Morgan fingerprint density at radius 3 is 2.67 bits per heavy atom. The fourth-order valence-corrected chi connectivity index (χ4v) is 4.18. The fourth-order valence-electron chi connectivity index (χ4n) is 4.18. The van der Waals surface area contributed by atoms with Gasteiger partial charge >= 0.3 is 0 Å². The summed E-state index contributed by atoms with van der Waals surface area (Å²) < 4.78 is 6.07. The van der Waals surface area contributed by atoms with Gasteiger partial charge in [-0.25, -0.2) is 9.97 Å². The van der Waals surface area contributed by atoms with Gasteiger partial charge in [0.25, 0.3) is 0 Å². The van der Waals surface area contributed by atoms with Crippen molar-refractivity contribution in [2.24, 2.45) is 0 Å². The van der Waals surface area contributed by atoms with Gasteiger partial charge in [-0.1, -0.05) is 30.7 Å². The number of para-hydroxylation sites is 2. The third kappa shape index (κ3) is 4.04. The van der Waals surface area contributed by atoms with Crippen molar-refractivity contribution in [2.45, 2.75) is 44.1 Å². The Balaban J connectivity index is 1.30. The summed E-state index contributed by atoms with van der Waals surface area (Å²) in [6.45, 7) is 0. The van der Waals surface area contributed by atoms with E-state index in [1.165, 1.54) is 0 Å². The third-order valence-electron chi connectivity index (χ3n) is 5.67. The van der Waals surface area contributed by atoms with Crippen LogP contribution in [0.3, 0.4) is 0 Å². The minimum Gasteiger partial charge on any atom is -0.437 e. The van der Waals surface area contributed by atoms with Gasteiger partial charge in [-0.2, -0.15) is 0 Å². The van der Waals surface area contributed by atoms with Crippen LogP contribution in [0.2, 0.25) is 0 Å². The standard InChI is InChI=1S/C24H24N4O2/c29-18-5-3-4-17(15-18)23-24(26-13-12-25-23)30-19-10-8-16(9-11-19)14-22-27-20-6-1-2-7-21(20)28-22/h1-2,6-13,17-18,29H,3-5,14-15H2,(H,27,28)/t17-,18-/m1/s1. The smallest absolute Gasteiger partial charge is 0.241 e. The topological polar surface area (TPSA) is 83.9 Å². The molecule has 0 saturated heterocycles. The molecule has 0 aliphatic heterocycles. The molecule has 2 heterocycles. The van der Waals surface area contributed by atoms with E-state index in [1.807, 2.05) is 48.5 Å². The van der Waals surface area contributed by atoms with Gasteiger partial charge in [-0.15, -0.1) is 0 Å². The van der Waals surface area contributed by atoms with Crippen LogP contribution < -0.4 is 4.74 Å². The normalized spacial score (nSPS) is 19.1. The quantitative estimate of drug-likeness (QED) is 0.505. The fraction of sp³-hybridized carbons (Fsp3) is 0.292. The molecule has 2 N–H and O–H groups in total. The third-order valence-corrected chi connectivity index (χ3v) is 5.67. The summed E-state index contributed by atoms with van der Waals surface area (Å²) in [6, 6.07) is 16.0. The minimum absolute atomic E-state index is 0.185. The number of ether oxygens (including phenoxy) is 1. The number of aliphatic hydroxyl groups is 1. The number of H-pyrrole nitrogens is 1. The lowest BCUT2D eigenvalue weighted by Gasteiger charge is -2.26. The van der Waals surface area contributed by atoms with Crippen LogP contribution in [-0.2, 0) is 6.42 Å². The Morgan fingerprint density at radius 1 is 1.00 bits per heavy atom. The zero-order valence-electron chi connectivity index (χ0n) is 16.7. The maximum Gasteiger partial charge on any atom is 0.241 e. The van der Waals surface area contributed by atoms with E-state index in [0.29, 0.717) is 12.3 Å². The van der Waals surface area contributed by atoms with Crippen LogP contribution in [0.1, 0.15) is 48.7 Å². The molecule has 2 atom stereocenters. The first kappa shape index (κ1) is 18.8. The van der Waals surface area contributed by atoms with Crippen molar-refractivity contribution in [2.75, 3.05) is 0 Å². The summed E-state index contributed by atoms with van der Waals surface area (Å²) in [5.74, 6) is 2.38. The number of nitrogens with zero attached hydrogens (tertiary/aromatic N) is 3. The van der Waals surface area contributed by atoms with E-state index in [9.17, 15) is 5.11 Å². The lowest BCUT2D eigenvalue weighted by Crippen LogP contribution is -2.19. The van der Waals surface area contributed by atoms with Crippen molar-refractivity contribution in [3.05, 3.63) is 78.0 Å². The molecule has 4 aromatic rings. The van der Waals surface area contributed by atoms with E-state index in [-0.39, 0.29) is 12.0 Å². The number of aromatic nitrogens is 4. The minimum atomic E-state index is -0.267. The van der Waals surface area contributed by atoms with Gasteiger partial charge in [0, 0.05) is 24.7 Å². The van der Waals surface area contributed by atoms with Crippen LogP contribution in [0, 0.1) is 0 Å². The average Bonchev–Trinajstić information content (AvgIpc) is 3.18. The van der Waals surface area contributed by atoms with Gasteiger partial charge < -0.3 is 14.8 Å². The second kappa shape index (κ2) is 8.24. The lowest BCUT2D eigenvalue weighted by atomic mass is 9.85. The zero-order valence-corrected chi connectivity index (χ0v) is 16.7. The van der Waals surface area contributed by atoms with E-state index in [1.54, 1.807) is 12.4 Å². The predicted molar refractivity (Wildman–Crippen MR) is 115 cm³/mol. The van der Waals surface area contributed by atoms with Crippen LogP contribution in [0.15, 0.2) is 60.9 Å². The van der Waals surface area contributed by atoms with Crippen molar-refractivity contribution < 1.29 is 9.84 Å². The van der Waals surface area contributed by atoms with E-state index >= 15 is 0 Å². The van der Waals surface area contributed by atoms with Crippen molar-refractivity contribution in [3.8, 4) is 11.6 Å². The van der Waals surface area contributed by atoms with Crippen molar-refractivity contribution >= 4 is 11.0 Å². The number of aromatic amines is 1. The molecule has 0 spiro atoms. The van der Waals surface area contributed by atoms with Crippen LogP contribution in [0.5, 0.6) is 11.6 Å². The summed E-state index contributed by atoms with van der Waals surface area (Å²) in [6.07, 6.45) is 7.38. The Kier molecular flexibility index (Phi) is 5.15. The molecule has 1 aliphatic carbocycles. The zero-order chi connectivity index (χ0) is 20.3. The number of nitrogens with one attached hydrogen (secondary N) is 1. The van der Waals surface area contributed by atoms with Crippen LogP contribution in [-0.4, -0.2) is 31.1 Å². The number of imidazole rings is 1. The summed E-state index contributed by atoms with van der Waals surface area (Å²) in [7, 11) is 0. The van der Waals surface area contributed by atoms with Crippen molar-refractivity contribution in [3.63, 3.8) is 0 Å². The maximum absolute atomic E-state index is 10.0. The molecule has 6 nitrogen and oxygen atoms in total. The van der Waals surface area contributed by atoms with Gasteiger partial charge in [-0.3, -0.25) is 4.98 Å². The van der Waals surface area contributed by atoms with Crippen molar-refractivity contribution in [1.29, 1.82) is 0 Å². The molecule has 1 saturated carbocycles. The highest BCUT2D eigenvalue weighted by Gasteiger charge is 2.26.